The number of nitrogens with zero attached hydrogens (tertiary/aromatic N) is 3. The van der Waals surface area contributed by atoms with E-state index >= 15 is 0 Å². The maximum absolute atomic E-state index is 14.2. The molecule has 3 rings (SSSR count). The first-order valence-electron chi connectivity index (χ1n) is 8.00. The van der Waals surface area contributed by atoms with E-state index in [1.807, 2.05) is 6.07 Å². The SMILES string of the molecule is CN=C(NCc1ccc(-n2ccnc2)c(F)c1)NC1CCCC1.I. The quantitative estimate of drug-likeness (QED) is 0.434. The molecule has 1 aliphatic rings. The molecule has 1 aliphatic carbocycles. The van der Waals surface area contributed by atoms with Crippen molar-refractivity contribution in [2.75, 3.05) is 7.05 Å². The minimum atomic E-state index is -0.263. The molecular formula is C17H23FIN5. The third kappa shape index (κ3) is 4.68. The zero-order valence-corrected chi connectivity index (χ0v) is 16.0. The number of aromatic nitrogens is 2. The first-order valence-corrected chi connectivity index (χ1v) is 8.00. The highest BCUT2D eigenvalue weighted by atomic mass is 127. The van der Waals surface area contributed by atoms with Crippen LogP contribution in [0.5, 0.6) is 0 Å². The predicted molar refractivity (Wildman–Crippen MR) is 105 cm³/mol. The lowest BCUT2D eigenvalue weighted by molar-refractivity contribution is 0.608. The van der Waals surface area contributed by atoms with E-state index in [1.54, 1.807) is 42.5 Å². The van der Waals surface area contributed by atoms with Crippen LogP contribution in [0.3, 0.4) is 0 Å². The van der Waals surface area contributed by atoms with Crippen molar-refractivity contribution in [1.29, 1.82) is 0 Å². The van der Waals surface area contributed by atoms with E-state index in [1.165, 1.54) is 25.7 Å². The Kier molecular flexibility index (Phi) is 7.01. The van der Waals surface area contributed by atoms with Gasteiger partial charge in [-0.05, 0) is 30.5 Å². The van der Waals surface area contributed by atoms with Gasteiger partial charge >= 0.3 is 0 Å². The van der Waals surface area contributed by atoms with Crippen molar-refractivity contribution in [1.82, 2.24) is 20.2 Å². The Morgan fingerprint density at radius 3 is 2.79 bits per heavy atom. The van der Waals surface area contributed by atoms with Gasteiger partial charge in [-0.2, -0.15) is 0 Å². The van der Waals surface area contributed by atoms with Crippen LogP contribution in [0.25, 0.3) is 5.69 Å². The van der Waals surface area contributed by atoms with Crippen LogP contribution in [0.1, 0.15) is 31.2 Å². The molecule has 0 bridgehead atoms. The molecule has 0 aliphatic heterocycles. The van der Waals surface area contributed by atoms with E-state index in [2.05, 4.69) is 20.6 Å². The fraction of sp³-hybridized carbons (Fsp3) is 0.412. The first kappa shape index (κ1) is 18.7. The number of halogens is 2. The summed E-state index contributed by atoms with van der Waals surface area (Å²) in [6.45, 7) is 0.535. The van der Waals surface area contributed by atoms with Crippen LogP contribution in [0.15, 0.2) is 41.9 Å². The molecule has 1 saturated carbocycles. The fourth-order valence-corrected chi connectivity index (χ4v) is 2.92. The lowest BCUT2D eigenvalue weighted by Crippen LogP contribution is -2.41. The van der Waals surface area contributed by atoms with Crippen LogP contribution < -0.4 is 10.6 Å². The molecule has 1 aromatic heterocycles. The molecule has 130 valence electrons. The van der Waals surface area contributed by atoms with Gasteiger partial charge in [0.15, 0.2) is 5.96 Å². The average molecular weight is 443 g/mol. The Morgan fingerprint density at radius 2 is 2.17 bits per heavy atom. The number of aliphatic imine (C=N–C) groups is 1. The number of benzene rings is 1. The second-order valence-corrected chi connectivity index (χ2v) is 5.81. The standard InChI is InChI=1S/C17H22FN5.HI/c1-19-17(22-14-4-2-3-5-14)21-11-13-6-7-16(15(18)10-13)23-9-8-20-12-23;/h6-10,12,14H,2-5,11H2,1H3,(H2,19,21,22);1H. The monoisotopic (exact) mass is 443 g/mol. The number of nitrogens with one attached hydrogen (secondary N) is 2. The van der Waals surface area contributed by atoms with Crippen molar-refractivity contribution in [2.45, 2.75) is 38.3 Å². The van der Waals surface area contributed by atoms with E-state index < -0.39 is 0 Å². The molecule has 0 amide bonds. The first-order chi connectivity index (χ1) is 11.3. The van der Waals surface area contributed by atoms with E-state index in [0.29, 0.717) is 18.3 Å². The summed E-state index contributed by atoms with van der Waals surface area (Å²) in [4.78, 5) is 8.18. The predicted octanol–water partition coefficient (Wildman–Crippen LogP) is 3.24. The van der Waals surface area contributed by atoms with Gasteiger partial charge in [0.2, 0.25) is 0 Å². The molecule has 1 fully saturated rings. The van der Waals surface area contributed by atoms with E-state index in [4.69, 9.17) is 0 Å². The van der Waals surface area contributed by atoms with Crippen molar-refractivity contribution in [3.63, 3.8) is 0 Å². The van der Waals surface area contributed by atoms with Gasteiger partial charge in [-0.25, -0.2) is 9.37 Å². The summed E-state index contributed by atoms with van der Waals surface area (Å²) >= 11 is 0. The van der Waals surface area contributed by atoms with E-state index in [9.17, 15) is 4.39 Å². The van der Waals surface area contributed by atoms with Gasteiger partial charge in [-0.3, -0.25) is 4.99 Å². The summed E-state index contributed by atoms with van der Waals surface area (Å²) < 4.78 is 15.9. The van der Waals surface area contributed by atoms with Gasteiger partial charge in [0.25, 0.3) is 0 Å². The van der Waals surface area contributed by atoms with Crippen LogP contribution in [-0.2, 0) is 6.54 Å². The average Bonchev–Trinajstić information content (AvgIpc) is 3.25. The molecule has 1 heterocycles. The maximum Gasteiger partial charge on any atom is 0.191 e. The molecule has 7 heteroatoms. The Hall–Kier alpha value is -1.64. The second-order valence-electron chi connectivity index (χ2n) is 5.81. The van der Waals surface area contributed by atoms with Crippen molar-refractivity contribution in [3.8, 4) is 5.69 Å². The third-order valence-electron chi connectivity index (χ3n) is 4.17. The molecule has 0 atom stereocenters. The minimum absolute atomic E-state index is 0. The van der Waals surface area contributed by atoms with Crippen molar-refractivity contribution in [2.24, 2.45) is 4.99 Å². The zero-order valence-electron chi connectivity index (χ0n) is 13.7. The summed E-state index contributed by atoms with van der Waals surface area (Å²) in [6.07, 6.45) is 9.87. The highest BCUT2D eigenvalue weighted by Gasteiger charge is 2.15. The summed E-state index contributed by atoms with van der Waals surface area (Å²) in [5, 5.41) is 6.66. The summed E-state index contributed by atoms with van der Waals surface area (Å²) in [5.74, 6) is 0.511. The van der Waals surface area contributed by atoms with Crippen LogP contribution >= 0.6 is 24.0 Å². The van der Waals surface area contributed by atoms with Crippen LogP contribution in [0, 0.1) is 5.82 Å². The Labute approximate surface area is 158 Å². The Balaban J connectivity index is 0.00000208. The molecule has 0 radical (unpaired) electrons. The molecule has 0 saturated heterocycles. The Morgan fingerprint density at radius 1 is 1.38 bits per heavy atom. The molecular weight excluding hydrogens is 420 g/mol. The topological polar surface area (TPSA) is 54.2 Å². The van der Waals surface area contributed by atoms with Gasteiger partial charge in [-0.15, -0.1) is 24.0 Å². The van der Waals surface area contributed by atoms with Crippen LogP contribution in [0.2, 0.25) is 0 Å². The molecule has 2 N–H and O–H groups in total. The molecule has 24 heavy (non-hydrogen) atoms. The largest absolute Gasteiger partial charge is 0.354 e. The maximum atomic E-state index is 14.2. The van der Waals surface area contributed by atoms with Gasteiger partial charge in [0.1, 0.15) is 5.82 Å². The fourth-order valence-electron chi connectivity index (χ4n) is 2.92. The molecule has 0 unspecified atom stereocenters. The third-order valence-corrected chi connectivity index (χ3v) is 4.17. The Bertz CT molecular complexity index is 666. The zero-order chi connectivity index (χ0) is 16.1. The number of guanidine groups is 1. The smallest absolute Gasteiger partial charge is 0.191 e. The van der Waals surface area contributed by atoms with Crippen molar-refractivity contribution >= 4 is 29.9 Å². The normalized spacial score (nSPS) is 15.2. The molecule has 5 nitrogen and oxygen atoms in total. The highest BCUT2D eigenvalue weighted by molar-refractivity contribution is 14.0. The summed E-state index contributed by atoms with van der Waals surface area (Å²) in [6, 6.07) is 5.72. The van der Waals surface area contributed by atoms with Crippen molar-refractivity contribution in [3.05, 3.63) is 48.3 Å². The summed E-state index contributed by atoms with van der Waals surface area (Å²) in [5.41, 5.74) is 1.38. The van der Waals surface area contributed by atoms with Crippen molar-refractivity contribution < 1.29 is 4.39 Å². The lowest BCUT2D eigenvalue weighted by atomic mass is 10.2. The molecule has 1 aromatic carbocycles. The van der Waals surface area contributed by atoms with Gasteiger partial charge in [0.05, 0.1) is 12.0 Å². The highest BCUT2D eigenvalue weighted by Crippen LogP contribution is 2.17. The number of imidazole rings is 1. The number of rotatable bonds is 4. The second kappa shape index (κ2) is 9.00. The van der Waals surface area contributed by atoms with Gasteiger partial charge in [0, 0.05) is 32.0 Å². The number of hydrogen-bond acceptors (Lipinski definition) is 2. The van der Waals surface area contributed by atoms with Crippen LogP contribution in [-0.4, -0.2) is 28.6 Å². The molecule has 2 aromatic rings. The van der Waals surface area contributed by atoms with Gasteiger partial charge in [-0.1, -0.05) is 18.9 Å². The minimum Gasteiger partial charge on any atom is -0.354 e. The van der Waals surface area contributed by atoms with Crippen LogP contribution in [0.4, 0.5) is 4.39 Å². The number of hydrogen-bond donors (Lipinski definition) is 2. The molecule has 0 spiro atoms. The van der Waals surface area contributed by atoms with Gasteiger partial charge < -0.3 is 15.2 Å². The summed E-state index contributed by atoms with van der Waals surface area (Å²) in [7, 11) is 1.76. The lowest BCUT2D eigenvalue weighted by Gasteiger charge is -2.17. The van der Waals surface area contributed by atoms with E-state index in [-0.39, 0.29) is 29.8 Å². The van der Waals surface area contributed by atoms with E-state index in [0.717, 1.165) is 11.5 Å².